The van der Waals surface area contributed by atoms with Crippen molar-refractivity contribution in [1.82, 2.24) is 0 Å². The van der Waals surface area contributed by atoms with E-state index in [1.807, 2.05) is 0 Å². The van der Waals surface area contributed by atoms with E-state index in [1.54, 1.807) is 0 Å². The van der Waals surface area contributed by atoms with Gasteiger partial charge in [0.2, 0.25) is 5.91 Å². The molecular weight excluding hydrogens is 235 g/mol. The molecule has 0 radical (unpaired) electrons. The van der Waals surface area contributed by atoms with Crippen LogP contribution in [0.5, 0.6) is 5.75 Å². The van der Waals surface area contributed by atoms with E-state index >= 15 is 0 Å². The lowest BCUT2D eigenvalue weighted by molar-refractivity contribution is -0.120. The second-order valence-corrected chi connectivity index (χ2v) is 4.54. The number of carbonyl (C=O) groups is 1. The number of carbonyl (C=O) groups excluding carboxylic acids is 1. The van der Waals surface area contributed by atoms with Gasteiger partial charge in [0.05, 0.1) is 13.0 Å². The molecule has 1 fully saturated rings. The Balaban J connectivity index is 2.07. The quantitative estimate of drug-likeness (QED) is 0.863. The zero-order valence-corrected chi connectivity index (χ0v) is 10.3. The fourth-order valence-electron chi connectivity index (χ4n) is 2.29. The predicted octanol–water partition coefficient (Wildman–Crippen LogP) is 1.90. The summed E-state index contributed by atoms with van der Waals surface area (Å²) < 4.78 is 18.1. The van der Waals surface area contributed by atoms with Crippen molar-refractivity contribution in [2.45, 2.75) is 25.3 Å². The van der Waals surface area contributed by atoms with Crippen molar-refractivity contribution in [1.29, 1.82) is 0 Å². The Hall–Kier alpha value is -1.62. The molecule has 0 aromatic heterocycles. The Morgan fingerprint density at radius 1 is 1.50 bits per heavy atom. The summed E-state index contributed by atoms with van der Waals surface area (Å²) in [6.45, 7) is 0. The second-order valence-electron chi connectivity index (χ2n) is 4.54. The lowest BCUT2D eigenvalue weighted by Gasteiger charge is -2.15. The summed E-state index contributed by atoms with van der Waals surface area (Å²) in [7, 11) is 1.39. The number of nitrogens with two attached hydrogens (primary N) is 1. The molecule has 0 saturated heterocycles. The maximum absolute atomic E-state index is 13.2. The van der Waals surface area contributed by atoms with Crippen molar-refractivity contribution < 1.29 is 13.9 Å². The molecule has 1 aliphatic carbocycles. The number of methoxy groups -OCH3 is 1. The molecule has 1 saturated carbocycles. The summed E-state index contributed by atoms with van der Waals surface area (Å²) in [4.78, 5) is 12.0. The number of nitrogens with one attached hydrogen (secondary N) is 1. The van der Waals surface area contributed by atoms with Crippen LogP contribution in [-0.2, 0) is 4.79 Å². The maximum Gasteiger partial charge on any atom is 0.229 e. The molecule has 3 N–H and O–H groups in total. The Bertz CT molecular complexity index is 451. The summed E-state index contributed by atoms with van der Waals surface area (Å²) in [6, 6.07) is 4.17. The molecule has 1 aliphatic rings. The van der Waals surface area contributed by atoms with Crippen LogP contribution in [-0.4, -0.2) is 19.1 Å². The minimum atomic E-state index is -0.451. The van der Waals surface area contributed by atoms with Gasteiger partial charge >= 0.3 is 0 Å². The predicted molar refractivity (Wildman–Crippen MR) is 66.9 cm³/mol. The molecule has 18 heavy (non-hydrogen) atoms. The number of hydrogen-bond donors (Lipinski definition) is 2. The van der Waals surface area contributed by atoms with E-state index in [1.165, 1.54) is 25.3 Å². The van der Waals surface area contributed by atoms with Crippen molar-refractivity contribution in [2.24, 2.45) is 11.7 Å². The smallest absolute Gasteiger partial charge is 0.229 e. The van der Waals surface area contributed by atoms with E-state index in [2.05, 4.69) is 5.32 Å². The highest BCUT2D eigenvalue weighted by molar-refractivity contribution is 5.93. The molecule has 5 heteroatoms. The van der Waals surface area contributed by atoms with Gasteiger partial charge in [0.25, 0.3) is 0 Å². The summed E-state index contributed by atoms with van der Waals surface area (Å²) >= 11 is 0. The van der Waals surface area contributed by atoms with Crippen molar-refractivity contribution in [3.8, 4) is 5.75 Å². The summed E-state index contributed by atoms with van der Waals surface area (Å²) in [6.07, 6.45) is 2.67. The monoisotopic (exact) mass is 252 g/mol. The van der Waals surface area contributed by atoms with Gasteiger partial charge in [0.15, 0.2) is 11.6 Å². The van der Waals surface area contributed by atoms with Gasteiger partial charge in [-0.25, -0.2) is 4.39 Å². The minimum Gasteiger partial charge on any atom is -0.494 e. The van der Waals surface area contributed by atoms with E-state index in [0.29, 0.717) is 5.69 Å². The Morgan fingerprint density at radius 3 is 2.89 bits per heavy atom. The van der Waals surface area contributed by atoms with E-state index in [-0.39, 0.29) is 23.6 Å². The van der Waals surface area contributed by atoms with Crippen molar-refractivity contribution in [2.75, 3.05) is 12.4 Å². The first-order valence-electron chi connectivity index (χ1n) is 6.02. The Labute approximate surface area is 105 Å². The SMILES string of the molecule is COc1cc(NC(=O)C2CCCC2N)ccc1F. The number of ether oxygens (including phenoxy) is 1. The molecule has 4 nitrogen and oxygen atoms in total. The third-order valence-corrected chi connectivity index (χ3v) is 3.32. The zero-order valence-electron chi connectivity index (χ0n) is 10.3. The molecule has 2 rings (SSSR count). The molecular formula is C13H17FN2O2. The standard InChI is InChI=1S/C13H17FN2O2/c1-18-12-7-8(5-6-10(12)14)16-13(17)9-3-2-4-11(9)15/h5-7,9,11H,2-4,15H2,1H3,(H,16,17). The molecule has 1 aromatic rings. The molecule has 1 amide bonds. The van der Waals surface area contributed by atoms with Gasteiger partial charge in [-0.15, -0.1) is 0 Å². The molecule has 0 heterocycles. The molecule has 1 aromatic carbocycles. The van der Waals surface area contributed by atoms with E-state index in [4.69, 9.17) is 10.5 Å². The van der Waals surface area contributed by atoms with Crippen molar-refractivity contribution in [3.63, 3.8) is 0 Å². The van der Waals surface area contributed by atoms with Crippen LogP contribution in [0.3, 0.4) is 0 Å². The van der Waals surface area contributed by atoms with Crippen LogP contribution >= 0.6 is 0 Å². The lowest BCUT2D eigenvalue weighted by atomic mass is 10.0. The maximum atomic E-state index is 13.2. The normalized spacial score (nSPS) is 22.8. The first-order valence-corrected chi connectivity index (χ1v) is 6.02. The number of hydrogen-bond acceptors (Lipinski definition) is 3. The Morgan fingerprint density at radius 2 is 2.28 bits per heavy atom. The van der Waals surface area contributed by atoms with Crippen LogP contribution in [0.1, 0.15) is 19.3 Å². The van der Waals surface area contributed by atoms with Crippen LogP contribution in [0.2, 0.25) is 0 Å². The first-order chi connectivity index (χ1) is 8.61. The topological polar surface area (TPSA) is 64.3 Å². The van der Waals surface area contributed by atoms with Crippen molar-refractivity contribution >= 4 is 11.6 Å². The van der Waals surface area contributed by atoms with Gasteiger partial charge < -0.3 is 15.8 Å². The molecule has 2 atom stereocenters. The van der Waals surface area contributed by atoms with Crippen LogP contribution in [0.4, 0.5) is 10.1 Å². The summed E-state index contributed by atoms with van der Waals surface area (Å²) in [5, 5.41) is 2.75. The molecule has 0 spiro atoms. The van der Waals surface area contributed by atoms with Gasteiger partial charge in [-0.1, -0.05) is 6.42 Å². The lowest BCUT2D eigenvalue weighted by Crippen LogP contribution is -2.34. The molecule has 0 bridgehead atoms. The van der Waals surface area contributed by atoms with E-state index in [0.717, 1.165) is 19.3 Å². The summed E-state index contributed by atoms with van der Waals surface area (Å²) in [5.41, 5.74) is 6.39. The highest BCUT2D eigenvalue weighted by atomic mass is 19.1. The molecule has 2 unspecified atom stereocenters. The zero-order chi connectivity index (χ0) is 13.1. The van der Waals surface area contributed by atoms with Gasteiger partial charge in [0, 0.05) is 17.8 Å². The minimum absolute atomic E-state index is 0.0765. The molecule has 98 valence electrons. The third kappa shape index (κ3) is 2.61. The van der Waals surface area contributed by atoms with Crippen molar-refractivity contribution in [3.05, 3.63) is 24.0 Å². The number of halogens is 1. The number of anilines is 1. The molecule has 0 aliphatic heterocycles. The van der Waals surface area contributed by atoms with E-state index < -0.39 is 5.82 Å². The summed E-state index contributed by atoms with van der Waals surface area (Å²) in [5.74, 6) is -0.591. The fourth-order valence-corrected chi connectivity index (χ4v) is 2.29. The second kappa shape index (κ2) is 5.35. The van der Waals surface area contributed by atoms with Crippen LogP contribution in [0.25, 0.3) is 0 Å². The number of benzene rings is 1. The van der Waals surface area contributed by atoms with Crippen LogP contribution in [0, 0.1) is 11.7 Å². The van der Waals surface area contributed by atoms with E-state index in [9.17, 15) is 9.18 Å². The van der Waals surface area contributed by atoms with Crippen LogP contribution in [0.15, 0.2) is 18.2 Å². The highest BCUT2D eigenvalue weighted by Gasteiger charge is 2.30. The Kier molecular flexibility index (Phi) is 3.81. The van der Waals surface area contributed by atoms with Gasteiger partial charge in [-0.3, -0.25) is 4.79 Å². The third-order valence-electron chi connectivity index (χ3n) is 3.32. The van der Waals surface area contributed by atoms with Gasteiger partial charge in [0.1, 0.15) is 0 Å². The average Bonchev–Trinajstić information content (AvgIpc) is 2.78. The van der Waals surface area contributed by atoms with Gasteiger partial charge in [-0.2, -0.15) is 0 Å². The fraction of sp³-hybridized carbons (Fsp3) is 0.462. The highest BCUT2D eigenvalue weighted by Crippen LogP contribution is 2.26. The largest absolute Gasteiger partial charge is 0.494 e. The number of rotatable bonds is 3. The average molecular weight is 252 g/mol. The first kappa shape index (κ1) is 12.8. The van der Waals surface area contributed by atoms with Gasteiger partial charge in [-0.05, 0) is 25.0 Å². The van der Waals surface area contributed by atoms with Crippen LogP contribution < -0.4 is 15.8 Å². The number of amides is 1.